The zero-order chi connectivity index (χ0) is 13.8. The molecule has 1 aliphatic heterocycles. The van der Waals surface area contributed by atoms with Gasteiger partial charge in [-0.15, -0.1) is 11.8 Å². The lowest BCUT2D eigenvalue weighted by Gasteiger charge is -2.25. The number of alkyl carbamates (subject to hydrolysis) is 1. The molecule has 6 nitrogen and oxygen atoms in total. The lowest BCUT2D eigenvalue weighted by Crippen LogP contribution is -2.47. The fourth-order valence-electron chi connectivity index (χ4n) is 1.47. The third-order valence-corrected chi connectivity index (χ3v) is 3.31. The van der Waals surface area contributed by atoms with Gasteiger partial charge in [-0.25, -0.2) is 4.79 Å². The average molecular weight is 273 g/mol. The highest BCUT2D eigenvalue weighted by Gasteiger charge is 2.30. The van der Waals surface area contributed by atoms with Crippen LogP contribution in [0.3, 0.4) is 0 Å². The molecular weight excluding hydrogens is 254 g/mol. The van der Waals surface area contributed by atoms with Crippen molar-refractivity contribution in [2.24, 2.45) is 0 Å². The number of amides is 1. The normalized spacial score (nSPS) is 22.3. The smallest absolute Gasteiger partial charge is 0.407 e. The molecule has 7 heteroatoms. The lowest BCUT2D eigenvalue weighted by atomic mass is 10.2. The summed E-state index contributed by atoms with van der Waals surface area (Å²) in [6.07, 6.45) is -1.43. The summed E-state index contributed by atoms with van der Waals surface area (Å²) in [7, 11) is 0. The van der Waals surface area contributed by atoms with Gasteiger partial charge in [-0.1, -0.05) is 0 Å². The standard InChI is InChI=1S/C11H19N3O3S/c1-11(2,3)17-10(16)13-5-9(15)14-7-18-6-8(14)4-12/h8-9,15H,5-7H2,1-3H3,(H,13,16)/t8-,9-/m1/s1. The van der Waals surface area contributed by atoms with Gasteiger partial charge in [0.05, 0.1) is 12.6 Å². The number of hydrogen-bond acceptors (Lipinski definition) is 6. The molecule has 102 valence electrons. The number of thioether (sulfide) groups is 1. The highest BCUT2D eigenvalue weighted by molar-refractivity contribution is 7.99. The van der Waals surface area contributed by atoms with E-state index < -0.39 is 17.9 Å². The third-order valence-electron chi connectivity index (χ3n) is 2.28. The molecule has 2 atom stereocenters. The number of nitrogens with zero attached hydrogens (tertiary/aromatic N) is 2. The molecule has 1 saturated heterocycles. The van der Waals surface area contributed by atoms with Crippen molar-refractivity contribution in [2.75, 3.05) is 18.2 Å². The van der Waals surface area contributed by atoms with E-state index >= 15 is 0 Å². The fraction of sp³-hybridized carbons (Fsp3) is 0.818. The summed E-state index contributed by atoms with van der Waals surface area (Å²) in [5, 5.41) is 21.3. The SMILES string of the molecule is CC(C)(C)OC(=O)NC[C@@H](O)N1CSC[C@H]1C#N. The van der Waals surface area contributed by atoms with Gasteiger partial charge in [-0.2, -0.15) is 5.26 Å². The van der Waals surface area contributed by atoms with Crippen LogP contribution in [-0.4, -0.2) is 52.1 Å². The molecule has 0 aromatic heterocycles. The van der Waals surface area contributed by atoms with Crippen molar-refractivity contribution in [3.05, 3.63) is 0 Å². The second kappa shape index (κ2) is 6.27. The van der Waals surface area contributed by atoms with Crippen LogP contribution >= 0.6 is 11.8 Å². The van der Waals surface area contributed by atoms with Gasteiger partial charge in [0.25, 0.3) is 0 Å². The number of nitrogens with one attached hydrogen (secondary N) is 1. The first-order valence-electron chi connectivity index (χ1n) is 5.71. The Kier molecular flexibility index (Phi) is 5.26. The molecule has 1 aliphatic rings. The molecule has 18 heavy (non-hydrogen) atoms. The summed E-state index contributed by atoms with van der Waals surface area (Å²) in [5.74, 6) is 1.27. The van der Waals surface area contributed by atoms with Crippen LogP contribution < -0.4 is 5.32 Å². The summed E-state index contributed by atoms with van der Waals surface area (Å²) in [6.45, 7) is 5.36. The van der Waals surface area contributed by atoms with Crippen LogP contribution in [0.15, 0.2) is 0 Å². The number of nitriles is 1. The molecule has 1 fully saturated rings. The predicted molar refractivity (Wildman–Crippen MR) is 68.8 cm³/mol. The Balaban J connectivity index is 2.35. The van der Waals surface area contributed by atoms with Crippen LogP contribution in [0.4, 0.5) is 4.79 Å². The Morgan fingerprint density at radius 3 is 2.94 bits per heavy atom. The molecule has 0 aromatic carbocycles. The molecule has 0 bridgehead atoms. The maximum absolute atomic E-state index is 11.4. The minimum Gasteiger partial charge on any atom is -0.444 e. The number of aliphatic hydroxyl groups is 1. The summed E-state index contributed by atoms with van der Waals surface area (Å²) in [4.78, 5) is 13.1. The molecule has 1 heterocycles. The van der Waals surface area contributed by atoms with Gasteiger partial charge in [0.2, 0.25) is 0 Å². The van der Waals surface area contributed by atoms with Crippen LogP contribution in [0.5, 0.6) is 0 Å². The number of hydrogen-bond donors (Lipinski definition) is 2. The summed E-state index contributed by atoms with van der Waals surface area (Å²) in [5.41, 5.74) is -0.562. The lowest BCUT2D eigenvalue weighted by molar-refractivity contribution is 0.00624. The first-order chi connectivity index (χ1) is 8.33. The zero-order valence-corrected chi connectivity index (χ0v) is 11.7. The van der Waals surface area contributed by atoms with Gasteiger partial charge in [0.15, 0.2) is 0 Å². The van der Waals surface area contributed by atoms with Crippen molar-refractivity contribution in [2.45, 2.75) is 38.6 Å². The molecule has 1 rings (SSSR count). The third kappa shape index (κ3) is 4.72. The average Bonchev–Trinajstić information content (AvgIpc) is 2.71. The minimum absolute atomic E-state index is 0.0493. The number of carbonyl (C=O) groups excluding carboxylic acids is 1. The van der Waals surface area contributed by atoms with E-state index in [0.29, 0.717) is 11.6 Å². The quantitative estimate of drug-likeness (QED) is 0.788. The molecule has 0 unspecified atom stereocenters. The van der Waals surface area contributed by atoms with Crippen molar-refractivity contribution in [1.82, 2.24) is 10.2 Å². The van der Waals surface area contributed by atoms with Crippen molar-refractivity contribution >= 4 is 17.9 Å². The van der Waals surface area contributed by atoms with Gasteiger partial charge < -0.3 is 15.2 Å². The topological polar surface area (TPSA) is 85.6 Å². The number of rotatable bonds is 3. The van der Waals surface area contributed by atoms with Gasteiger partial charge in [-0.3, -0.25) is 4.90 Å². The summed E-state index contributed by atoms with van der Waals surface area (Å²) >= 11 is 1.59. The predicted octanol–water partition coefficient (Wildman–Crippen LogP) is 0.728. The summed E-state index contributed by atoms with van der Waals surface area (Å²) < 4.78 is 5.05. The highest BCUT2D eigenvalue weighted by atomic mass is 32.2. The Hall–Kier alpha value is -0.970. The second-order valence-electron chi connectivity index (χ2n) is 5.02. The largest absolute Gasteiger partial charge is 0.444 e. The van der Waals surface area contributed by atoms with Gasteiger partial charge >= 0.3 is 6.09 Å². The fourth-order valence-corrected chi connectivity index (χ4v) is 2.62. The molecule has 0 radical (unpaired) electrons. The molecule has 0 spiro atoms. The molecule has 1 amide bonds. The van der Waals surface area contributed by atoms with Crippen LogP contribution in [0, 0.1) is 11.3 Å². The van der Waals surface area contributed by atoms with Crippen molar-refractivity contribution in [3.63, 3.8) is 0 Å². The maximum Gasteiger partial charge on any atom is 0.407 e. The molecule has 0 aliphatic carbocycles. The monoisotopic (exact) mass is 273 g/mol. The molecule has 0 saturated carbocycles. The number of ether oxygens (including phenoxy) is 1. The van der Waals surface area contributed by atoms with E-state index in [1.165, 1.54) is 0 Å². The number of carbonyl (C=O) groups is 1. The van der Waals surface area contributed by atoms with Gasteiger partial charge in [0.1, 0.15) is 17.9 Å². The van der Waals surface area contributed by atoms with E-state index in [4.69, 9.17) is 10.00 Å². The van der Waals surface area contributed by atoms with E-state index in [1.54, 1.807) is 37.4 Å². The molecule has 0 aromatic rings. The Labute approximate surface area is 111 Å². The molecular formula is C11H19N3O3S. The maximum atomic E-state index is 11.4. The first kappa shape index (κ1) is 15.1. The number of aliphatic hydroxyl groups excluding tert-OH is 1. The zero-order valence-electron chi connectivity index (χ0n) is 10.8. The molecule has 2 N–H and O–H groups in total. The Morgan fingerprint density at radius 1 is 1.72 bits per heavy atom. The highest BCUT2D eigenvalue weighted by Crippen LogP contribution is 2.21. The van der Waals surface area contributed by atoms with E-state index in [2.05, 4.69) is 11.4 Å². The van der Waals surface area contributed by atoms with Crippen molar-refractivity contribution in [3.8, 4) is 6.07 Å². The van der Waals surface area contributed by atoms with Gasteiger partial charge in [0, 0.05) is 11.6 Å². The second-order valence-corrected chi connectivity index (χ2v) is 6.02. The van der Waals surface area contributed by atoms with Crippen LogP contribution in [0.25, 0.3) is 0 Å². The Bertz CT molecular complexity index is 337. The van der Waals surface area contributed by atoms with Gasteiger partial charge in [-0.05, 0) is 20.8 Å². The Morgan fingerprint density at radius 2 is 2.39 bits per heavy atom. The van der Waals surface area contributed by atoms with Crippen LogP contribution in [0.1, 0.15) is 20.8 Å². The van der Waals surface area contributed by atoms with Crippen molar-refractivity contribution in [1.29, 1.82) is 5.26 Å². The van der Waals surface area contributed by atoms with E-state index in [1.807, 2.05) is 0 Å². The van der Waals surface area contributed by atoms with Crippen molar-refractivity contribution < 1.29 is 14.6 Å². The van der Waals surface area contributed by atoms with E-state index in [9.17, 15) is 9.90 Å². The van der Waals surface area contributed by atoms with Crippen LogP contribution in [0.2, 0.25) is 0 Å². The van der Waals surface area contributed by atoms with E-state index in [0.717, 1.165) is 0 Å². The first-order valence-corrected chi connectivity index (χ1v) is 6.87. The minimum atomic E-state index is -0.864. The summed E-state index contributed by atoms with van der Waals surface area (Å²) in [6, 6.07) is 1.82. The van der Waals surface area contributed by atoms with Crippen LogP contribution in [-0.2, 0) is 4.74 Å². The van der Waals surface area contributed by atoms with E-state index in [-0.39, 0.29) is 12.6 Å².